The van der Waals surface area contributed by atoms with Crippen molar-refractivity contribution in [2.24, 2.45) is 0 Å². The molecule has 1 aromatic carbocycles. The number of esters is 1. The van der Waals surface area contributed by atoms with Crippen LogP contribution in [0.25, 0.3) is 0 Å². The summed E-state index contributed by atoms with van der Waals surface area (Å²) in [5.41, 5.74) is 0.409. The van der Waals surface area contributed by atoms with E-state index < -0.39 is 11.9 Å². The number of hydrogen-bond donors (Lipinski definition) is 2. The number of amides is 1. The normalized spacial score (nSPS) is 10.2. The summed E-state index contributed by atoms with van der Waals surface area (Å²) in [7, 11) is 1.31. The minimum absolute atomic E-state index is 0.00495. The lowest BCUT2D eigenvalue weighted by molar-refractivity contribution is 0.0600. The molecule has 1 aromatic heterocycles. The van der Waals surface area contributed by atoms with Gasteiger partial charge in [-0.15, -0.1) is 0 Å². The number of aliphatic hydroxyl groups excluding tert-OH is 1. The van der Waals surface area contributed by atoms with Gasteiger partial charge in [-0.05, 0) is 30.7 Å². The Morgan fingerprint density at radius 1 is 1.29 bits per heavy atom. The predicted molar refractivity (Wildman–Crippen MR) is 80.4 cm³/mol. The molecule has 0 spiro atoms. The van der Waals surface area contributed by atoms with E-state index in [1.165, 1.54) is 7.11 Å². The second-order valence-corrected chi connectivity index (χ2v) is 4.65. The zero-order valence-electron chi connectivity index (χ0n) is 13.0. The summed E-state index contributed by atoms with van der Waals surface area (Å²) in [6.45, 7) is 0.305. The fourth-order valence-electron chi connectivity index (χ4n) is 1.71. The van der Waals surface area contributed by atoms with Crippen LogP contribution in [0.4, 0.5) is 0 Å². The van der Waals surface area contributed by atoms with Crippen LogP contribution in [-0.2, 0) is 11.3 Å². The zero-order chi connectivity index (χ0) is 17.4. The first-order chi connectivity index (χ1) is 11.6. The highest BCUT2D eigenvalue weighted by atomic mass is 16.5. The molecule has 24 heavy (non-hydrogen) atoms. The van der Waals surface area contributed by atoms with Crippen LogP contribution in [-0.4, -0.2) is 47.4 Å². The van der Waals surface area contributed by atoms with Crippen molar-refractivity contribution < 1.29 is 28.7 Å². The molecule has 0 aliphatic rings. The number of nitrogens with one attached hydrogen (secondary N) is 1. The lowest BCUT2D eigenvalue weighted by Gasteiger charge is -2.04. The maximum atomic E-state index is 11.7. The number of ether oxygens (including phenoxy) is 2. The van der Waals surface area contributed by atoms with Crippen LogP contribution in [0.3, 0.4) is 0 Å². The summed E-state index contributed by atoms with van der Waals surface area (Å²) in [4.78, 5) is 26.9. The minimum Gasteiger partial charge on any atom is -0.485 e. The Labute approximate surface area is 137 Å². The third-order valence-corrected chi connectivity index (χ3v) is 2.93. The van der Waals surface area contributed by atoms with Crippen LogP contribution in [0.5, 0.6) is 5.75 Å². The average molecular weight is 335 g/mol. The highest BCUT2D eigenvalue weighted by Gasteiger charge is 2.15. The first kappa shape index (κ1) is 17.4. The molecule has 0 fully saturated rings. The van der Waals surface area contributed by atoms with E-state index in [0.29, 0.717) is 24.3 Å². The number of hydrogen-bond acceptors (Lipinski definition) is 8. The summed E-state index contributed by atoms with van der Waals surface area (Å²) in [5, 5.41) is 14.8. The molecule has 1 amide bonds. The third kappa shape index (κ3) is 4.78. The minimum atomic E-state index is -0.510. The molecule has 2 aromatic rings. The topological polar surface area (TPSA) is 124 Å². The maximum absolute atomic E-state index is 11.7. The van der Waals surface area contributed by atoms with Crippen molar-refractivity contribution in [1.29, 1.82) is 0 Å². The molecule has 0 aliphatic heterocycles. The average Bonchev–Trinajstić information content (AvgIpc) is 3.09. The van der Waals surface area contributed by atoms with Crippen molar-refractivity contribution in [2.45, 2.75) is 13.0 Å². The van der Waals surface area contributed by atoms with Gasteiger partial charge in [0.1, 0.15) is 5.75 Å². The molecule has 9 nitrogen and oxygen atoms in total. The third-order valence-electron chi connectivity index (χ3n) is 2.93. The number of benzene rings is 1. The molecule has 0 bridgehead atoms. The van der Waals surface area contributed by atoms with Gasteiger partial charge in [-0.3, -0.25) is 4.79 Å². The van der Waals surface area contributed by atoms with Gasteiger partial charge >= 0.3 is 17.8 Å². The molecule has 0 aliphatic carbocycles. The number of nitrogens with zero attached hydrogens (tertiary/aromatic N) is 2. The van der Waals surface area contributed by atoms with Crippen LogP contribution in [0.15, 0.2) is 28.8 Å². The van der Waals surface area contributed by atoms with Crippen molar-refractivity contribution in [1.82, 2.24) is 15.5 Å². The van der Waals surface area contributed by atoms with Crippen LogP contribution in [0, 0.1) is 0 Å². The quantitative estimate of drug-likeness (QED) is 0.529. The second kappa shape index (κ2) is 8.63. The molecule has 0 saturated heterocycles. The smallest absolute Gasteiger partial charge is 0.337 e. The molecule has 128 valence electrons. The van der Waals surface area contributed by atoms with Crippen molar-refractivity contribution >= 4 is 11.9 Å². The Bertz CT molecular complexity index is 683. The molecule has 0 radical (unpaired) electrons. The Balaban J connectivity index is 1.86. The van der Waals surface area contributed by atoms with Gasteiger partial charge in [0.05, 0.1) is 12.7 Å². The molecule has 0 unspecified atom stereocenters. The first-order valence-corrected chi connectivity index (χ1v) is 7.17. The van der Waals surface area contributed by atoms with Crippen molar-refractivity contribution in [3.8, 4) is 5.75 Å². The SMILES string of the molecule is COC(=O)c1ccc(OCc2noc(C(=O)NCCCO)n2)cc1. The number of rotatable bonds is 8. The van der Waals surface area contributed by atoms with E-state index in [2.05, 4.69) is 20.2 Å². The Kier molecular flexibility index (Phi) is 6.26. The largest absolute Gasteiger partial charge is 0.485 e. The summed E-state index contributed by atoms with van der Waals surface area (Å²) >= 11 is 0. The van der Waals surface area contributed by atoms with E-state index in [1.54, 1.807) is 24.3 Å². The highest BCUT2D eigenvalue weighted by Crippen LogP contribution is 2.14. The van der Waals surface area contributed by atoms with E-state index in [-0.39, 0.29) is 24.9 Å². The summed E-state index contributed by atoms with van der Waals surface area (Å²) < 4.78 is 14.9. The van der Waals surface area contributed by atoms with Gasteiger partial charge in [0.2, 0.25) is 5.82 Å². The second-order valence-electron chi connectivity index (χ2n) is 4.65. The molecule has 2 rings (SSSR count). The summed E-state index contributed by atoms with van der Waals surface area (Å²) in [5.74, 6) is -0.408. The Morgan fingerprint density at radius 2 is 2.04 bits per heavy atom. The van der Waals surface area contributed by atoms with Crippen LogP contribution in [0.2, 0.25) is 0 Å². The van der Waals surface area contributed by atoms with Gasteiger partial charge in [-0.1, -0.05) is 5.16 Å². The van der Waals surface area contributed by atoms with Crippen molar-refractivity contribution in [3.63, 3.8) is 0 Å². The van der Waals surface area contributed by atoms with Crippen molar-refractivity contribution in [2.75, 3.05) is 20.3 Å². The summed E-state index contributed by atoms with van der Waals surface area (Å²) in [6, 6.07) is 6.35. The number of aliphatic hydroxyl groups is 1. The Morgan fingerprint density at radius 3 is 2.71 bits per heavy atom. The van der Waals surface area contributed by atoms with Crippen LogP contribution >= 0.6 is 0 Å². The van der Waals surface area contributed by atoms with Crippen LogP contribution in [0.1, 0.15) is 33.3 Å². The maximum Gasteiger partial charge on any atom is 0.337 e. The zero-order valence-corrected chi connectivity index (χ0v) is 13.0. The molecule has 9 heteroatoms. The van der Waals surface area contributed by atoms with E-state index >= 15 is 0 Å². The number of carbonyl (C=O) groups is 2. The fourth-order valence-corrected chi connectivity index (χ4v) is 1.71. The van der Waals surface area contributed by atoms with Gasteiger partial charge in [0.15, 0.2) is 6.61 Å². The summed E-state index contributed by atoms with van der Waals surface area (Å²) in [6.07, 6.45) is 0.442. The van der Waals surface area contributed by atoms with E-state index in [9.17, 15) is 9.59 Å². The van der Waals surface area contributed by atoms with E-state index in [4.69, 9.17) is 14.4 Å². The molecule has 2 N–H and O–H groups in total. The number of carbonyl (C=O) groups excluding carboxylic acids is 2. The monoisotopic (exact) mass is 335 g/mol. The number of aromatic nitrogens is 2. The van der Waals surface area contributed by atoms with E-state index in [1.807, 2.05) is 0 Å². The lowest BCUT2D eigenvalue weighted by Crippen LogP contribution is -2.25. The first-order valence-electron chi connectivity index (χ1n) is 7.17. The van der Waals surface area contributed by atoms with Crippen molar-refractivity contribution in [3.05, 3.63) is 41.5 Å². The standard InChI is InChI=1S/C15H17N3O6/c1-22-15(21)10-3-5-11(6-4-10)23-9-12-17-14(24-18-12)13(20)16-7-2-8-19/h3-6,19H,2,7-9H2,1H3,(H,16,20). The molecule has 0 atom stereocenters. The van der Waals surface area contributed by atoms with Gasteiger partial charge < -0.3 is 24.4 Å². The van der Waals surface area contributed by atoms with Gasteiger partial charge in [-0.25, -0.2) is 4.79 Å². The van der Waals surface area contributed by atoms with Gasteiger partial charge in [-0.2, -0.15) is 4.98 Å². The molecular formula is C15H17N3O6. The molecule has 1 heterocycles. The number of methoxy groups -OCH3 is 1. The predicted octanol–water partition coefficient (Wildman–Crippen LogP) is 0.547. The van der Waals surface area contributed by atoms with Gasteiger partial charge in [0.25, 0.3) is 0 Å². The Hall–Kier alpha value is -2.94. The fraction of sp³-hybridized carbons (Fsp3) is 0.333. The van der Waals surface area contributed by atoms with E-state index in [0.717, 1.165) is 0 Å². The van der Waals surface area contributed by atoms with Crippen LogP contribution < -0.4 is 10.1 Å². The molecule has 0 saturated carbocycles. The molecular weight excluding hydrogens is 318 g/mol. The lowest BCUT2D eigenvalue weighted by atomic mass is 10.2. The van der Waals surface area contributed by atoms with Gasteiger partial charge in [0, 0.05) is 13.2 Å². The highest BCUT2D eigenvalue weighted by molar-refractivity contribution is 5.89.